The number of ether oxygens (including phenoxy) is 1. The molecule has 3 nitrogen and oxygen atoms in total. The van der Waals surface area contributed by atoms with Crippen LogP contribution >= 0.6 is 0 Å². The van der Waals surface area contributed by atoms with Crippen LogP contribution in [0.2, 0.25) is 0 Å². The lowest BCUT2D eigenvalue weighted by atomic mass is 9.84. The summed E-state index contributed by atoms with van der Waals surface area (Å²) >= 11 is 0. The van der Waals surface area contributed by atoms with Crippen molar-refractivity contribution in [3.63, 3.8) is 0 Å². The maximum atomic E-state index is 6.46. The Labute approximate surface area is 121 Å². The van der Waals surface area contributed by atoms with Gasteiger partial charge in [0.15, 0.2) is 0 Å². The molecule has 1 heterocycles. The van der Waals surface area contributed by atoms with E-state index in [4.69, 9.17) is 10.5 Å². The third-order valence-electron chi connectivity index (χ3n) is 4.46. The molecule has 0 saturated carbocycles. The summed E-state index contributed by atoms with van der Waals surface area (Å²) in [6.45, 7) is 4.27. The average molecular weight is 272 g/mol. The minimum Gasteiger partial charge on any atom is -0.377 e. The summed E-state index contributed by atoms with van der Waals surface area (Å²) in [7, 11) is 1.76. The van der Waals surface area contributed by atoms with E-state index in [0.717, 1.165) is 24.8 Å². The lowest BCUT2D eigenvalue weighted by Gasteiger charge is -2.36. The maximum absolute atomic E-state index is 6.46. The molecule has 1 aromatic carbocycles. The standard InChI is InChI=1S/C17H24N2O/c1-4-17(5-2,20-3)16(18)12-13-10-11-19-15-9-7-6-8-14(13)15/h6-11,16H,4-5,12,18H2,1-3H3. The van der Waals surface area contributed by atoms with Gasteiger partial charge in [-0.25, -0.2) is 0 Å². The average Bonchev–Trinajstić information content (AvgIpc) is 2.50. The summed E-state index contributed by atoms with van der Waals surface area (Å²) in [6, 6.07) is 10.2. The summed E-state index contributed by atoms with van der Waals surface area (Å²) in [6.07, 6.45) is 4.50. The smallest absolute Gasteiger partial charge is 0.0826 e. The number of pyridine rings is 1. The Morgan fingerprint density at radius 2 is 1.90 bits per heavy atom. The van der Waals surface area contributed by atoms with E-state index in [1.165, 1.54) is 10.9 Å². The first-order chi connectivity index (χ1) is 9.66. The summed E-state index contributed by atoms with van der Waals surface area (Å²) in [4.78, 5) is 4.40. The maximum Gasteiger partial charge on any atom is 0.0826 e. The summed E-state index contributed by atoms with van der Waals surface area (Å²) in [5, 5.41) is 1.18. The van der Waals surface area contributed by atoms with Crippen LogP contribution in [0.3, 0.4) is 0 Å². The van der Waals surface area contributed by atoms with E-state index in [-0.39, 0.29) is 11.6 Å². The van der Waals surface area contributed by atoms with Gasteiger partial charge in [-0.3, -0.25) is 4.98 Å². The topological polar surface area (TPSA) is 48.1 Å². The van der Waals surface area contributed by atoms with Crippen LogP contribution in [-0.4, -0.2) is 23.7 Å². The van der Waals surface area contributed by atoms with Crippen LogP contribution in [0, 0.1) is 0 Å². The molecular weight excluding hydrogens is 248 g/mol. The Morgan fingerprint density at radius 1 is 1.20 bits per heavy atom. The fourth-order valence-electron chi connectivity index (χ4n) is 2.97. The van der Waals surface area contributed by atoms with E-state index in [2.05, 4.69) is 31.0 Å². The number of benzene rings is 1. The van der Waals surface area contributed by atoms with E-state index in [9.17, 15) is 0 Å². The monoisotopic (exact) mass is 272 g/mol. The summed E-state index contributed by atoms with van der Waals surface area (Å²) in [5.41, 5.74) is 8.48. The van der Waals surface area contributed by atoms with Gasteiger partial charge in [-0.2, -0.15) is 0 Å². The molecule has 0 aliphatic heterocycles. The van der Waals surface area contributed by atoms with Gasteiger partial charge >= 0.3 is 0 Å². The molecule has 0 bridgehead atoms. The van der Waals surface area contributed by atoms with Crippen molar-refractivity contribution in [3.05, 3.63) is 42.1 Å². The molecule has 0 aliphatic rings. The molecule has 2 rings (SSSR count). The van der Waals surface area contributed by atoms with E-state index in [1.54, 1.807) is 7.11 Å². The first kappa shape index (κ1) is 14.9. The number of aromatic nitrogens is 1. The molecule has 2 N–H and O–H groups in total. The summed E-state index contributed by atoms with van der Waals surface area (Å²) in [5.74, 6) is 0. The fourth-order valence-corrected chi connectivity index (χ4v) is 2.97. The number of methoxy groups -OCH3 is 1. The summed E-state index contributed by atoms with van der Waals surface area (Å²) < 4.78 is 5.74. The van der Waals surface area contributed by atoms with Crippen LogP contribution in [0.1, 0.15) is 32.3 Å². The van der Waals surface area contributed by atoms with E-state index in [0.29, 0.717) is 0 Å². The lowest BCUT2D eigenvalue weighted by molar-refractivity contribution is -0.0373. The third-order valence-corrected chi connectivity index (χ3v) is 4.46. The predicted molar refractivity (Wildman–Crippen MR) is 83.7 cm³/mol. The highest BCUT2D eigenvalue weighted by atomic mass is 16.5. The van der Waals surface area contributed by atoms with Gasteiger partial charge in [-0.1, -0.05) is 32.0 Å². The number of fused-ring (bicyclic) bond motifs is 1. The number of nitrogens with zero attached hydrogens (tertiary/aromatic N) is 1. The van der Waals surface area contributed by atoms with Crippen LogP contribution < -0.4 is 5.73 Å². The van der Waals surface area contributed by atoms with Gasteiger partial charge in [0, 0.05) is 24.7 Å². The van der Waals surface area contributed by atoms with Crippen LogP contribution in [0.4, 0.5) is 0 Å². The minimum atomic E-state index is -0.246. The highest BCUT2D eigenvalue weighted by molar-refractivity contribution is 5.81. The molecule has 0 spiro atoms. The zero-order chi connectivity index (χ0) is 14.6. The molecule has 0 aliphatic carbocycles. The van der Waals surface area contributed by atoms with Crippen molar-refractivity contribution in [3.8, 4) is 0 Å². The first-order valence-electron chi connectivity index (χ1n) is 7.30. The highest BCUT2D eigenvalue weighted by Gasteiger charge is 2.33. The van der Waals surface area contributed by atoms with Gasteiger partial charge in [0.2, 0.25) is 0 Å². The molecule has 2 aromatic rings. The van der Waals surface area contributed by atoms with Gasteiger partial charge in [0.25, 0.3) is 0 Å². The second kappa shape index (κ2) is 6.33. The Morgan fingerprint density at radius 3 is 2.55 bits per heavy atom. The van der Waals surface area contributed by atoms with Gasteiger partial charge in [0.05, 0.1) is 11.1 Å². The van der Waals surface area contributed by atoms with E-state index in [1.807, 2.05) is 24.4 Å². The molecule has 1 aromatic heterocycles. The van der Waals surface area contributed by atoms with Crippen molar-refractivity contribution in [1.29, 1.82) is 0 Å². The van der Waals surface area contributed by atoms with E-state index >= 15 is 0 Å². The van der Waals surface area contributed by atoms with Crippen molar-refractivity contribution in [2.45, 2.75) is 44.8 Å². The predicted octanol–water partition coefficient (Wildman–Crippen LogP) is 3.31. The normalized spacial score (nSPS) is 13.6. The SMILES string of the molecule is CCC(CC)(OC)C(N)Cc1ccnc2ccccc12. The first-order valence-corrected chi connectivity index (χ1v) is 7.30. The van der Waals surface area contributed by atoms with Crippen molar-refractivity contribution >= 4 is 10.9 Å². The molecule has 1 unspecified atom stereocenters. The van der Waals surface area contributed by atoms with Crippen LogP contribution in [0.25, 0.3) is 10.9 Å². The minimum absolute atomic E-state index is 0.0201. The number of rotatable bonds is 6. The third kappa shape index (κ3) is 2.69. The molecule has 0 fully saturated rings. The molecule has 3 heteroatoms. The van der Waals surface area contributed by atoms with Crippen molar-refractivity contribution in [1.82, 2.24) is 4.98 Å². The van der Waals surface area contributed by atoms with Gasteiger partial charge in [-0.15, -0.1) is 0 Å². The Hall–Kier alpha value is -1.45. The number of nitrogens with two attached hydrogens (primary N) is 1. The second-order valence-electron chi connectivity index (χ2n) is 5.27. The fraction of sp³-hybridized carbons (Fsp3) is 0.471. The molecule has 108 valence electrons. The molecular formula is C17H24N2O. The highest BCUT2D eigenvalue weighted by Crippen LogP contribution is 2.27. The van der Waals surface area contributed by atoms with Crippen molar-refractivity contribution < 1.29 is 4.74 Å². The molecule has 1 atom stereocenters. The number of hydrogen-bond donors (Lipinski definition) is 1. The largest absolute Gasteiger partial charge is 0.377 e. The van der Waals surface area contributed by atoms with Crippen LogP contribution in [-0.2, 0) is 11.2 Å². The van der Waals surface area contributed by atoms with E-state index < -0.39 is 0 Å². The number of para-hydroxylation sites is 1. The number of hydrogen-bond acceptors (Lipinski definition) is 3. The lowest BCUT2D eigenvalue weighted by Crippen LogP contribution is -2.50. The van der Waals surface area contributed by atoms with Crippen molar-refractivity contribution in [2.75, 3.05) is 7.11 Å². The zero-order valence-corrected chi connectivity index (χ0v) is 12.6. The van der Waals surface area contributed by atoms with Gasteiger partial charge < -0.3 is 10.5 Å². The van der Waals surface area contributed by atoms with Crippen LogP contribution in [0.5, 0.6) is 0 Å². The van der Waals surface area contributed by atoms with Crippen molar-refractivity contribution in [2.24, 2.45) is 5.73 Å². The van der Waals surface area contributed by atoms with Gasteiger partial charge in [0.1, 0.15) is 0 Å². The molecule has 0 saturated heterocycles. The Balaban J connectivity index is 2.32. The quantitative estimate of drug-likeness (QED) is 0.877. The Kier molecular flexibility index (Phi) is 4.73. The molecule has 0 radical (unpaired) electrons. The van der Waals surface area contributed by atoms with Crippen LogP contribution in [0.15, 0.2) is 36.5 Å². The zero-order valence-electron chi connectivity index (χ0n) is 12.6. The van der Waals surface area contributed by atoms with Gasteiger partial charge in [-0.05, 0) is 37.0 Å². The Bertz CT molecular complexity index is 550. The molecule has 0 amide bonds. The second-order valence-corrected chi connectivity index (χ2v) is 5.27. The molecule has 20 heavy (non-hydrogen) atoms.